The summed E-state index contributed by atoms with van der Waals surface area (Å²) in [4.78, 5) is 30.2. The highest BCUT2D eigenvalue weighted by atomic mass is 16.6. The first-order valence-corrected chi connectivity index (χ1v) is 13.2. The molecule has 0 spiro atoms. The fourth-order valence-electron chi connectivity index (χ4n) is 5.31. The van der Waals surface area contributed by atoms with Gasteiger partial charge in [0, 0.05) is 32.1 Å². The highest BCUT2D eigenvalue weighted by Crippen LogP contribution is 2.34. The fraction of sp³-hybridized carbons (Fsp3) is 0.433. The van der Waals surface area contributed by atoms with E-state index in [0.717, 1.165) is 30.6 Å². The number of hydrogen-bond acceptors (Lipinski definition) is 4. The maximum atomic E-state index is 13.9. The Hall–Kier alpha value is -3.61. The Morgan fingerprint density at radius 3 is 2.27 bits per heavy atom. The molecule has 5 rings (SSSR count). The van der Waals surface area contributed by atoms with Crippen LogP contribution >= 0.6 is 0 Å². The van der Waals surface area contributed by atoms with Crippen LogP contribution in [0.1, 0.15) is 72.3 Å². The van der Waals surface area contributed by atoms with Gasteiger partial charge in [-0.1, -0.05) is 42.0 Å². The van der Waals surface area contributed by atoms with Gasteiger partial charge in [0.2, 0.25) is 0 Å². The smallest absolute Gasteiger partial charge is 0.410 e. The van der Waals surface area contributed by atoms with E-state index in [1.165, 1.54) is 16.7 Å². The van der Waals surface area contributed by atoms with Gasteiger partial charge in [0.25, 0.3) is 5.91 Å². The molecule has 2 aromatic carbocycles. The zero-order valence-electron chi connectivity index (χ0n) is 22.2. The van der Waals surface area contributed by atoms with Crippen LogP contribution < -0.4 is 0 Å². The minimum Gasteiger partial charge on any atom is -0.444 e. The van der Waals surface area contributed by atoms with Crippen molar-refractivity contribution in [2.45, 2.75) is 65.0 Å². The van der Waals surface area contributed by atoms with Crippen LogP contribution in [0.2, 0.25) is 0 Å². The van der Waals surface area contributed by atoms with E-state index < -0.39 is 5.60 Å². The monoisotopic (exact) mass is 500 g/mol. The van der Waals surface area contributed by atoms with Crippen molar-refractivity contribution in [2.24, 2.45) is 0 Å². The number of fused-ring (bicyclic) bond motifs is 1. The number of carbonyl (C=O) groups is 2. The number of ether oxygens (including phenoxy) is 1. The zero-order valence-corrected chi connectivity index (χ0v) is 22.2. The number of piperidine rings is 1. The maximum absolute atomic E-state index is 13.9. The van der Waals surface area contributed by atoms with Crippen molar-refractivity contribution in [3.8, 4) is 5.69 Å². The van der Waals surface area contributed by atoms with Gasteiger partial charge in [0.1, 0.15) is 5.60 Å². The molecule has 2 amide bonds. The molecule has 1 saturated heterocycles. The van der Waals surface area contributed by atoms with Crippen molar-refractivity contribution in [3.05, 3.63) is 82.7 Å². The van der Waals surface area contributed by atoms with E-state index in [-0.39, 0.29) is 17.9 Å². The van der Waals surface area contributed by atoms with E-state index in [1.54, 1.807) is 11.1 Å². The fourth-order valence-corrected chi connectivity index (χ4v) is 5.31. The van der Waals surface area contributed by atoms with Crippen LogP contribution in [0, 0.1) is 6.92 Å². The van der Waals surface area contributed by atoms with E-state index in [2.05, 4.69) is 37.3 Å². The van der Waals surface area contributed by atoms with Crippen LogP contribution in [0.5, 0.6) is 0 Å². The van der Waals surface area contributed by atoms with Crippen molar-refractivity contribution < 1.29 is 14.3 Å². The second-order valence-corrected chi connectivity index (χ2v) is 11.2. The van der Waals surface area contributed by atoms with Crippen molar-refractivity contribution in [1.82, 2.24) is 19.6 Å². The quantitative estimate of drug-likeness (QED) is 0.477. The van der Waals surface area contributed by atoms with Gasteiger partial charge in [0.05, 0.1) is 23.1 Å². The summed E-state index contributed by atoms with van der Waals surface area (Å²) in [5.74, 6) is 0.135. The number of rotatable bonds is 3. The van der Waals surface area contributed by atoms with Crippen LogP contribution in [0.4, 0.5) is 4.79 Å². The first kappa shape index (κ1) is 25.1. The van der Waals surface area contributed by atoms with Gasteiger partial charge >= 0.3 is 6.09 Å². The van der Waals surface area contributed by atoms with Gasteiger partial charge in [-0.15, -0.1) is 0 Å². The van der Waals surface area contributed by atoms with Crippen LogP contribution in [0.25, 0.3) is 5.69 Å². The third-order valence-electron chi connectivity index (χ3n) is 7.27. The Kier molecular flexibility index (Phi) is 6.80. The SMILES string of the molecule is Cc1ccc(-n2ncc(C(=O)N3CCc4ccccc4C3)c2C2CCN(C(=O)OC(C)(C)C)CC2)cc1. The molecule has 0 radical (unpaired) electrons. The lowest BCUT2D eigenvalue weighted by atomic mass is 9.90. The van der Waals surface area contributed by atoms with Crippen molar-refractivity contribution >= 4 is 12.0 Å². The van der Waals surface area contributed by atoms with Crippen LogP contribution in [-0.4, -0.2) is 56.8 Å². The number of benzene rings is 2. The van der Waals surface area contributed by atoms with Gasteiger partial charge in [-0.05, 0) is 70.2 Å². The molecule has 194 valence electrons. The highest BCUT2D eigenvalue weighted by molar-refractivity contribution is 5.95. The van der Waals surface area contributed by atoms with Crippen LogP contribution in [-0.2, 0) is 17.7 Å². The first-order valence-electron chi connectivity index (χ1n) is 13.2. The summed E-state index contributed by atoms with van der Waals surface area (Å²) in [6, 6.07) is 16.6. The molecule has 0 atom stereocenters. The lowest BCUT2D eigenvalue weighted by Gasteiger charge is -2.34. The molecule has 0 unspecified atom stereocenters. The molecule has 0 N–H and O–H groups in total. The molecule has 0 saturated carbocycles. The standard InChI is InChI=1S/C30H36N4O3/c1-21-9-11-25(12-10-21)34-27(23-14-16-32(17-15-23)29(36)37-30(2,3)4)26(19-31-34)28(35)33-18-13-22-7-5-6-8-24(22)20-33/h5-12,19,23H,13-18,20H2,1-4H3. The predicted octanol–water partition coefficient (Wildman–Crippen LogP) is 5.49. The number of aryl methyl sites for hydroxylation is 1. The van der Waals surface area contributed by atoms with Gasteiger partial charge in [0.15, 0.2) is 0 Å². The van der Waals surface area contributed by atoms with Crippen molar-refractivity contribution in [2.75, 3.05) is 19.6 Å². The Labute approximate surface area is 219 Å². The summed E-state index contributed by atoms with van der Waals surface area (Å²) in [7, 11) is 0. The molecule has 7 nitrogen and oxygen atoms in total. The second kappa shape index (κ2) is 10.0. The molecule has 2 aliphatic heterocycles. The number of aromatic nitrogens is 2. The molecule has 1 fully saturated rings. The molecule has 7 heteroatoms. The minimum atomic E-state index is -0.523. The molecule has 2 aliphatic rings. The van der Waals surface area contributed by atoms with Crippen LogP contribution in [0.3, 0.4) is 0 Å². The van der Waals surface area contributed by atoms with Crippen molar-refractivity contribution in [1.29, 1.82) is 0 Å². The average Bonchev–Trinajstić information content (AvgIpc) is 3.32. The predicted molar refractivity (Wildman–Crippen MR) is 143 cm³/mol. The number of carbonyl (C=O) groups excluding carboxylic acids is 2. The molecular formula is C30H36N4O3. The number of amides is 2. The third-order valence-corrected chi connectivity index (χ3v) is 7.27. The lowest BCUT2D eigenvalue weighted by Crippen LogP contribution is -2.42. The first-order chi connectivity index (χ1) is 17.7. The molecule has 3 heterocycles. The Bertz CT molecular complexity index is 1280. The second-order valence-electron chi connectivity index (χ2n) is 11.2. The van der Waals surface area contributed by atoms with Crippen molar-refractivity contribution in [3.63, 3.8) is 0 Å². The Morgan fingerprint density at radius 2 is 1.59 bits per heavy atom. The molecular weight excluding hydrogens is 464 g/mol. The Morgan fingerprint density at radius 1 is 0.919 bits per heavy atom. The van der Waals surface area contributed by atoms with E-state index in [0.29, 0.717) is 31.7 Å². The summed E-state index contributed by atoms with van der Waals surface area (Å²) in [5.41, 5.74) is 5.72. The summed E-state index contributed by atoms with van der Waals surface area (Å²) >= 11 is 0. The Balaban J connectivity index is 1.42. The van der Waals surface area contributed by atoms with E-state index in [1.807, 2.05) is 48.6 Å². The summed E-state index contributed by atoms with van der Waals surface area (Å²) in [6.07, 6.45) is 3.82. The number of likely N-dealkylation sites (tertiary alicyclic amines) is 1. The third kappa shape index (κ3) is 5.41. The normalized spacial score (nSPS) is 16.4. The maximum Gasteiger partial charge on any atom is 0.410 e. The highest BCUT2D eigenvalue weighted by Gasteiger charge is 2.34. The summed E-state index contributed by atoms with van der Waals surface area (Å²) in [6.45, 7) is 10.2. The number of nitrogens with zero attached hydrogens (tertiary/aromatic N) is 4. The van der Waals surface area contributed by atoms with Gasteiger partial charge in [-0.2, -0.15) is 5.10 Å². The molecule has 1 aromatic heterocycles. The minimum absolute atomic E-state index is 0.0254. The van der Waals surface area contributed by atoms with E-state index in [9.17, 15) is 9.59 Å². The van der Waals surface area contributed by atoms with Crippen LogP contribution in [0.15, 0.2) is 54.7 Å². The zero-order chi connectivity index (χ0) is 26.2. The molecule has 0 bridgehead atoms. The van der Waals surface area contributed by atoms with E-state index >= 15 is 0 Å². The summed E-state index contributed by atoms with van der Waals surface area (Å²) < 4.78 is 7.51. The average molecular weight is 501 g/mol. The lowest BCUT2D eigenvalue weighted by molar-refractivity contribution is 0.0203. The molecule has 0 aliphatic carbocycles. The number of hydrogen-bond donors (Lipinski definition) is 0. The van der Waals surface area contributed by atoms with E-state index in [4.69, 9.17) is 9.84 Å². The van der Waals surface area contributed by atoms with Gasteiger partial charge < -0.3 is 14.5 Å². The molecule has 37 heavy (non-hydrogen) atoms. The topological polar surface area (TPSA) is 67.7 Å². The van der Waals surface area contributed by atoms with Gasteiger partial charge in [-0.3, -0.25) is 4.79 Å². The summed E-state index contributed by atoms with van der Waals surface area (Å²) in [5, 5.41) is 4.72. The largest absolute Gasteiger partial charge is 0.444 e. The van der Waals surface area contributed by atoms with Gasteiger partial charge in [-0.25, -0.2) is 9.48 Å². The molecule has 3 aromatic rings.